The fraction of sp³-hybridized carbons (Fsp3) is 0.474. The summed E-state index contributed by atoms with van der Waals surface area (Å²) in [5, 5.41) is 4.02. The summed E-state index contributed by atoms with van der Waals surface area (Å²) >= 11 is 1.48. The fourth-order valence-corrected chi connectivity index (χ4v) is 4.69. The zero-order valence-electron chi connectivity index (χ0n) is 15.9. The van der Waals surface area contributed by atoms with Gasteiger partial charge in [0.25, 0.3) is 0 Å². The minimum absolute atomic E-state index is 0.0312. The van der Waals surface area contributed by atoms with Crippen molar-refractivity contribution in [2.75, 3.05) is 38.7 Å². The van der Waals surface area contributed by atoms with E-state index in [4.69, 9.17) is 9.47 Å². The van der Waals surface area contributed by atoms with Crippen LogP contribution in [0.15, 0.2) is 33.2 Å². The lowest BCUT2D eigenvalue weighted by atomic mass is 10.1. The van der Waals surface area contributed by atoms with Gasteiger partial charge in [0.1, 0.15) is 17.4 Å². The van der Waals surface area contributed by atoms with E-state index in [1.807, 2.05) is 17.0 Å². The Bertz CT molecular complexity index is 881. The number of nitrogens with zero attached hydrogens (tertiary/aromatic N) is 5. The van der Waals surface area contributed by atoms with Crippen LogP contribution in [-0.4, -0.2) is 84.4 Å². The molecule has 0 spiro atoms. The summed E-state index contributed by atoms with van der Waals surface area (Å²) in [6.07, 6.45) is 3.05. The summed E-state index contributed by atoms with van der Waals surface area (Å²) in [6.45, 7) is 4.34. The van der Waals surface area contributed by atoms with Crippen LogP contribution >= 0.6 is 11.8 Å². The third-order valence-electron chi connectivity index (χ3n) is 5.36. The molecule has 0 saturated carbocycles. The number of thioether (sulfide) groups is 1. The van der Waals surface area contributed by atoms with Gasteiger partial charge in [0.15, 0.2) is 17.7 Å². The number of piperazine rings is 1. The van der Waals surface area contributed by atoms with Gasteiger partial charge in [0.05, 0.1) is 12.1 Å². The molecule has 4 heterocycles. The maximum Gasteiger partial charge on any atom is 0.233 e. The van der Waals surface area contributed by atoms with Gasteiger partial charge in [0, 0.05) is 32.7 Å². The maximum atomic E-state index is 12.6. The number of hydrogen-bond donors (Lipinski definition) is 1. The molecule has 0 radical (unpaired) electrons. The SMILES string of the molecule is O=C(CSC1=NC=N[C@H]2N=CN[C@@H]12)N1CCN(Cc2ccc3c(c2)OCO3)CC1. The number of ether oxygens (including phenoxy) is 2. The lowest BCUT2D eigenvalue weighted by Crippen LogP contribution is -2.49. The molecule has 0 aliphatic carbocycles. The molecule has 1 N–H and O–H groups in total. The Morgan fingerprint density at radius 3 is 2.93 bits per heavy atom. The van der Waals surface area contributed by atoms with Crippen LogP contribution in [0.2, 0.25) is 0 Å². The molecule has 1 saturated heterocycles. The highest BCUT2D eigenvalue weighted by atomic mass is 32.2. The van der Waals surface area contributed by atoms with Crippen LogP contribution in [0, 0.1) is 0 Å². The van der Waals surface area contributed by atoms with E-state index >= 15 is 0 Å². The Morgan fingerprint density at radius 2 is 2.03 bits per heavy atom. The summed E-state index contributed by atoms with van der Waals surface area (Å²) in [4.78, 5) is 29.7. The average molecular weight is 414 g/mol. The number of amides is 1. The molecule has 1 aromatic carbocycles. The topological polar surface area (TPSA) is 91.1 Å². The first kappa shape index (κ1) is 18.4. The normalized spacial score (nSPS) is 25.0. The van der Waals surface area contributed by atoms with Crippen LogP contribution in [0.1, 0.15) is 5.56 Å². The Morgan fingerprint density at radius 1 is 1.17 bits per heavy atom. The van der Waals surface area contributed by atoms with Gasteiger partial charge in [0.2, 0.25) is 12.7 Å². The van der Waals surface area contributed by atoms with Gasteiger partial charge in [-0.15, -0.1) is 0 Å². The Balaban J connectivity index is 1.09. The molecule has 0 unspecified atom stereocenters. The van der Waals surface area contributed by atoms with E-state index in [-0.39, 0.29) is 18.1 Å². The summed E-state index contributed by atoms with van der Waals surface area (Å²) in [7, 11) is 0. The van der Waals surface area contributed by atoms with Crippen molar-refractivity contribution < 1.29 is 14.3 Å². The van der Waals surface area contributed by atoms with Crippen LogP contribution in [-0.2, 0) is 11.3 Å². The Labute approximate surface area is 172 Å². The van der Waals surface area contributed by atoms with E-state index in [1.54, 1.807) is 6.34 Å². The quantitative estimate of drug-likeness (QED) is 0.774. The summed E-state index contributed by atoms with van der Waals surface area (Å²) in [5.41, 5.74) is 1.20. The molecule has 4 aliphatic rings. The van der Waals surface area contributed by atoms with E-state index in [2.05, 4.69) is 31.3 Å². The number of nitrogens with one attached hydrogen (secondary N) is 1. The number of aliphatic imine (C=N–C) groups is 3. The number of fused-ring (bicyclic) bond motifs is 2. The van der Waals surface area contributed by atoms with Crippen LogP contribution in [0.25, 0.3) is 0 Å². The molecule has 5 rings (SSSR count). The Hall–Kier alpha value is -2.59. The molecule has 4 aliphatic heterocycles. The lowest BCUT2D eigenvalue weighted by Gasteiger charge is -2.35. The predicted molar refractivity (Wildman–Crippen MR) is 112 cm³/mol. The van der Waals surface area contributed by atoms with E-state index in [0.717, 1.165) is 49.3 Å². The molecule has 1 amide bonds. The predicted octanol–water partition coefficient (Wildman–Crippen LogP) is 0.559. The van der Waals surface area contributed by atoms with Crippen molar-refractivity contribution in [3.05, 3.63) is 23.8 Å². The van der Waals surface area contributed by atoms with Crippen LogP contribution < -0.4 is 14.8 Å². The molecule has 0 bridgehead atoms. The van der Waals surface area contributed by atoms with Crippen molar-refractivity contribution in [1.29, 1.82) is 0 Å². The van der Waals surface area contributed by atoms with Gasteiger partial charge in [-0.2, -0.15) is 0 Å². The molecule has 29 heavy (non-hydrogen) atoms. The van der Waals surface area contributed by atoms with Gasteiger partial charge in [-0.1, -0.05) is 17.8 Å². The van der Waals surface area contributed by atoms with E-state index in [1.165, 1.54) is 23.7 Å². The number of hydrogen-bond acceptors (Lipinski definition) is 9. The third kappa shape index (κ3) is 3.95. The molecular formula is C19H22N6O3S. The second kappa shape index (κ2) is 8.03. The maximum absolute atomic E-state index is 12.6. The first-order valence-corrected chi connectivity index (χ1v) is 10.6. The number of carbonyl (C=O) groups excluding carboxylic acids is 1. The molecule has 9 nitrogen and oxygen atoms in total. The van der Waals surface area contributed by atoms with Crippen LogP contribution in [0.5, 0.6) is 11.5 Å². The van der Waals surface area contributed by atoms with Gasteiger partial charge in [-0.3, -0.25) is 9.69 Å². The molecule has 1 fully saturated rings. The van der Waals surface area contributed by atoms with Gasteiger partial charge < -0.3 is 19.7 Å². The highest BCUT2D eigenvalue weighted by Crippen LogP contribution is 2.32. The molecule has 10 heteroatoms. The zero-order valence-corrected chi connectivity index (χ0v) is 16.7. The van der Waals surface area contributed by atoms with Gasteiger partial charge >= 0.3 is 0 Å². The fourth-order valence-electron chi connectivity index (χ4n) is 3.74. The molecular weight excluding hydrogens is 392 g/mol. The van der Waals surface area contributed by atoms with Crippen molar-refractivity contribution >= 4 is 35.4 Å². The second-order valence-corrected chi connectivity index (χ2v) is 8.20. The number of benzene rings is 1. The summed E-state index contributed by atoms with van der Waals surface area (Å²) in [6, 6.07) is 6.04. The van der Waals surface area contributed by atoms with Crippen LogP contribution in [0.4, 0.5) is 0 Å². The van der Waals surface area contributed by atoms with Crippen molar-refractivity contribution in [2.24, 2.45) is 15.0 Å². The van der Waals surface area contributed by atoms with Crippen molar-refractivity contribution in [2.45, 2.75) is 18.8 Å². The monoisotopic (exact) mass is 414 g/mol. The highest BCUT2D eigenvalue weighted by Gasteiger charge is 2.31. The zero-order chi connectivity index (χ0) is 19.6. The van der Waals surface area contributed by atoms with Gasteiger partial charge in [-0.05, 0) is 17.7 Å². The highest BCUT2D eigenvalue weighted by molar-refractivity contribution is 8.14. The number of rotatable bonds is 4. The summed E-state index contributed by atoms with van der Waals surface area (Å²) in [5.74, 6) is 2.16. The van der Waals surface area contributed by atoms with Crippen molar-refractivity contribution in [3.63, 3.8) is 0 Å². The standard InChI is InChI=1S/C19H22N6O3S/c26-16(9-29-19-17-18(21-10-20-17)22-11-23-19)25-5-3-24(4-6-25)8-13-1-2-14-15(7-13)28-12-27-14/h1-2,7,10-11,17-18H,3-6,8-9,12H2,(H,20,21)/t17-,18-/m1/s1. The first-order chi connectivity index (χ1) is 14.3. The molecule has 2 atom stereocenters. The minimum Gasteiger partial charge on any atom is -0.454 e. The Kier molecular flexibility index (Phi) is 5.11. The van der Waals surface area contributed by atoms with Crippen LogP contribution in [0.3, 0.4) is 0 Å². The summed E-state index contributed by atoms with van der Waals surface area (Å²) < 4.78 is 10.8. The third-order valence-corrected chi connectivity index (χ3v) is 6.41. The molecule has 152 valence electrons. The average Bonchev–Trinajstić information content (AvgIpc) is 3.41. The minimum atomic E-state index is -0.148. The van der Waals surface area contributed by atoms with E-state index < -0.39 is 0 Å². The molecule has 0 aromatic heterocycles. The largest absolute Gasteiger partial charge is 0.454 e. The van der Waals surface area contributed by atoms with E-state index in [9.17, 15) is 4.79 Å². The number of carbonyl (C=O) groups is 1. The van der Waals surface area contributed by atoms with E-state index in [0.29, 0.717) is 12.5 Å². The lowest BCUT2D eigenvalue weighted by molar-refractivity contribution is -0.130. The van der Waals surface area contributed by atoms with Crippen molar-refractivity contribution in [1.82, 2.24) is 15.1 Å². The first-order valence-electron chi connectivity index (χ1n) is 9.65. The van der Waals surface area contributed by atoms with Crippen molar-refractivity contribution in [3.8, 4) is 11.5 Å². The smallest absolute Gasteiger partial charge is 0.233 e. The second-order valence-electron chi connectivity index (χ2n) is 7.20. The van der Waals surface area contributed by atoms with Gasteiger partial charge in [-0.25, -0.2) is 15.0 Å². The molecule has 1 aromatic rings.